The van der Waals surface area contributed by atoms with Gasteiger partial charge in [0.1, 0.15) is 17.5 Å². The summed E-state index contributed by atoms with van der Waals surface area (Å²) in [4.78, 5) is 11.8. The van der Waals surface area contributed by atoms with Crippen molar-refractivity contribution in [3.8, 4) is 0 Å². The summed E-state index contributed by atoms with van der Waals surface area (Å²) in [5.74, 6) is 3.53. The van der Waals surface area contributed by atoms with Crippen LogP contribution in [0.3, 0.4) is 0 Å². The van der Waals surface area contributed by atoms with E-state index in [0.717, 1.165) is 42.7 Å². The van der Waals surface area contributed by atoms with Gasteiger partial charge < -0.3 is 15.5 Å². The van der Waals surface area contributed by atoms with Crippen molar-refractivity contribution in [1.29, 1.82) is 0 Å². The molecule has 1 aromatic heterocycles. The Morgan fingerprint density at radius 1 is 1.19 bits per heavy atom. The molecule has 1 aliphatic rings. The molecule has 0 bridgehead atoms. The molecule has 0 radical (unpaired) electrons. The predicted molar refractivity (Wildman–Crippen MR) is 89.2 cm³/mol. The summed E-state index contributed by atoms with van der Waals surface area (Å²) >= 11 is 0. The second kappa shape index (κ2) is 7.07. The quantitative estimate of drug-likeness (QED) is 0.771. The highest BCUT2D eigenvalue weighted by Crippen LogP contribution is 2.39. The normalized spacial score (nSPS) is 14.8. The van der Waals surface area contributed by atoms with E-state index in [9.17, 15) is 0 Å². The minimum Gasteiger partial charge on any atom is -0.370 e. The maximum Gasteiger partial charge on any atom is 0.136 e. The van der Waals surface area contributed by atoms with Gasteiger partial charge in [0.2, 0.25) is 0 Å². The summed E-state index contributed by atoms with van der Waals surface area (Å²) in [7, 11) is 2.15. The summed E-state index contributed by atoms with van der Waals surface area (Å²) < 4.78 is 0. The molecule has 0 aliphatic heterocycles. The van der Waals surface area contributed by atoms with Gasteiger partial charge in [-0.15, -0.1) is 0 Å². The van der Waals surface area contributed by atoms with Crippen molar-refractivity contribution in [2.24, 2.45) is 0 Å². The van der Waals surface area contributed by atoms with Crippen molar-refractivity contribution in [3.05, 3.63) is 11.4 Å². The van der Waals surface area contributed by atoms with Crippen molar-refractivity contribution in [2.75, 3.05) is 37.3 Å². The Hall–Kier alpha value is -1.36. The topological polar surface area (TPSA) is 53.1 Å². The van der Waals surface area contributed by atoms with Gasteiger partial charge in [0, 0.05) is 37.2 Å². The number of likely N-dealkylation sites (N-methyl/N-ethyl adjacent to an activating group) is 1. The van der Waals surface area contributed by atoms with Crippen LogP contribution in [-0.2, 0) is 0 Å². The van der Waals surface area contributed by atoms with Gasteiger partial charge in [-0.05, 0) is 47.6 Å². The van der Waals surface area contributed by atoms with Crippen LogP contribution in [0.2, 0.25) is 0 Å². The number of aromatic nitrogens is 2. The van der Waals surface area contributed by atoms with E-state index in [2.05, 4.69) is 55.3 Å². The fourth-order valence-corrected chi connectivity index (χ4v) is 2.18. The lowest BCUT2D eigenvalue weighted by Crippen LogP contribution is -2.31. The lowest BCUT2D eigenvalue weighted by atomic mass is 10.2. The maximum absolute atomic E-state index is 4.74. The minimum absolute atomic E-state index is 0.567. The number of rotatable bonds is 8. The molecule has 0 saturated heterocycles. The molecular formula is C16H29N5. The van der Waals surface area contributed by atoms with E-state index in [1.807, 2.05) is 0 Å². The molecule has 2 N–H and O–H groups in total. The lowest BCUT2D eigenvalue weighted by Gasteiger charge is -2.21. The van der Waals surface area contributed by atoms with Crippen molar-refractivity contribution >= 4 is 11.6 Å². The summed E-state index contributed by atoms with van der Waals surface area (Å²) in [5, 5.41) is 6.84. The molecule has 1 heterocycles. The summed E-state index contributed by atoms with van der Waals surface area (Å²) in [6.07, 6.45) is 2.45. The van der Waals surface area contributed by atoms with E-state index in [4.69, 9.17) is 4.98 Å². The summed E-state index contributed by atoms with van der Waals surface area (Å²) in [6.45, 7) is 11.4. The zero-order chi connectivity index (χ0) is 15.4. The van der Waals surface area contributed by atoms with Crippen LogP contribution in [0.4, 0.5) is 11.6 Å². The average molecular weight is 291 g/mol. The average Bonchev–Trinajstić information content (AvgIpc) is 3.27. The van der Waals surface area contributed by atoms with Crippen LogP contribution in [0.5, 0.6) is 0 Å². The Labute approximate surface area is 128 Å². The van der Waals surface area contributed by atoms with Crippen LogP contribution in [0.25, 0.3) is 0 Å². The molecule has 1 fully saturated rings. The van der Waals surface area contributed by atoms with Gasteiger partial charge in [-0.25, -0.2) is 9.97 Å². The number of anilines is 2. The van der Waals surface area contributed by atoms with E-state index in [-0.39, 0.29) is 0 Å². The number of nitrogens with one attached hydrogen (secondary N) is 2. The molecule has 1 aliphatic carbocycles. The molecular weight excluding hydrogens is 262 g/mol. The van der Waals surface area contributed by atoms with Crippen LogP contribution in [0.15, 0.2) is 0 Å². The highest BCUT2D eigenvalue weighted by atomic mass is 15.2. The third-order valence-electron chi connectivity index (χ3n) is 4.09. The first-order chi connectivity index (χ1) is 10.0. The summed E-state index contributed by atoms with van der Waals surface area (Å²) in [6, 6.07) is 0.567. The van der Waals surface area contributed by atoms with Gasteiger partial charge in [0.05, 0.1) is 0 Å². The Kier molecular flexibility index (Phi) is 5.39. The van der Waals surface area contributed by atoms with E-state index in [0.29, 0.717) is 12.0 Å². The van der Waals surface area contributed by atoms with Crippen molar-refractivity contribution in [3.63, 3.8) is 0 Å². The molecule has 5 heteroatoms. The molecule has 1 saturated carbocycles. The third-order valence-corrected chi connectivity index (χ3v) is 4.09. The van der Waals surface area contributed by atoms with Crippen LogP contribution in [0.1, 0.15) is 50.9 Å². The fraction of sp³-hybridized carbons (Fsp3) is 0.750. The van der Waals surface area contributed by atoms with Crippen molar-refractivity contribution in [2.45, 2.75) is 52.5 Å². The van der Waals surface area contributed by atoms with Crippen LogP contribution in [-0.4, -0.2) is 47.6 Å². The molecule has 2 rings (SSSR count). The number of nitrogens with zero attached hydrogens (tertiary/aromatic N) is 3. The standard InChI is InChI=1S/C16H29N5/c1-6-17-14-12(4)15(18-9-10-21(5)11(2)3)20-16(19-14)13-7-8-13/h11,13H,6-10H2,1-5H3,(H2,17,18,19,20). The highest BCUT2D eigenvalue weighted by Gasteiger charge is 2.28. The van der Waals surface area contributed by atoms with Gasteiger partial charge in [0.25, 0.3) is 0 Å². The molecule has 0 aromatic carbocycles. The smallest absolute Gasteiger partial charge is 0.136 e. The van der Waals surface area contributed by atoms with Gasteiger partial charge in [-0.3, -0.25) is 0 Å². The van der Waals surface area contributed by atoms with E-state index < -0.39 is 0 Å². The summed E-state index contributed by atoms with van der Waals surface area (Å²) in [5.41, 5.74) is 1.12. The van der Waals surface area contributed by atoms with Gasteiger partial charge >= 0.3 is 0 Å². The first-order valence-electron chi connectivity index (χ1n) is 8.09. The molecule has 0 amide bonds. The Morgan fingerprint density at radius 3 is 2.33 bits per heavy atom. The zero-order valence-electron chi connectivity index (χ0n) is 14.0. The molecule has 21 heavy (non-hydrogen) atoms. The SMILES string of the molecule is CCNc1nc(C2CC2)nc(NCCN(C)C(C)C)c1C. The van der Waals surface area contributed by atoms with Gasteiger partial charge in [-0.2, -0.15) is 0 Å². The largest absolute Gasteiger partial charge is 0.370 e. The zero-order valence-corrected chi connectivity index (χ0v) is 14.0. The molecule has 118 valence electrons. The first kappa shape index (κ1) is 16.0. The van der Waals surface area contributed by atoms with E-state index >= 15 is 0 Å². The van der Waals surface area contributed by atoms with Crippen LogP contribution < -0.4 is 10.6 Å². The predicted octanol–water partition coefficient (Wildman–Crippen LogP) is 2.85. The van der Waals surface area contributed by atoms with Gasteiger partial charge in [0.15, 0.2) is 0 Å². The van der Waals surface area contributed by atoms with Crippen LogP contribution >= 0.6 is 0 Å². The third kappa shape index (κ3) is 4.30. The Morgan fingerprint density at radius 2 is 1.81 bits per heavy atom. The van der Waals surface area contributed by atoms with E-state index in [1.165, 1.54) is 12.8 Å². The van der Waals surface area contributed by atoms with Crippen molar-refractivity contribution in [1.82, 2.24) is 14.9 Å². The van der Waals surface area contributed by atoms with E-state index in [1.54, 1.807) is 0 Å². The monoisotopic (exact) mass is 291 g/mol. The Balaban J connectivity index is 2.06. The molecule has 0 unspecified atom stereocenters. The lowest BCUT2D eigenvalue weighted by molar-refractivity contribution is 0.284. The molecule has 0 spiro atoms. The molecule has 1 aromatic rings. The minimum atomic E-state index is 0.567. The molecule has 5 nitrogen and oxygen atoms in total. The first-order valence-corrected chi connectivity index (χ1v) is 8.09. The second-order valence-corrected chi connectivity index (χ2v) is 6.21. The Bertz CT molecular complexity index is 468. The van der Waals surface area contributed by atoms with Crippen LogP contribution in [0, 0.1) is 6.92 Å². The van der Waals surface area contributed by atoms with Crippen molar-refractivity contribution < 1.29 is 0 Å². The molecule has 0 atom stereocenters. The fourth-order valence-electron chi connectivity index (χ4n) is 2.18. The highest BCUT2D eigenvalue weighted by molar-refractivity contribution is 5.57. The maximum atomic E-state index is 4.74. The number of hydrogen-bond donors (Lipinski definition) is 2. The van der Waals surface area contributed by atoms with Gasteiger partial charge in [-0.1, -0.05) is 0 Å². The number of hydrogen-bond acceptors (Lipinski definition) is 5. The second-order valence-electron chi connectivity index (χ2n) is 6.21.